The summed E-state index contributed by atoms with van der Waals surface area (Å²) >= 11 is 0. The Bertz CT molecular complexity index is 689. The Morgan fingerprint density at radius 3 is 2.86 bits per heavy atom. The average molecular weight is 299 g/mol. The maximum absolute atomic E-state index is 13.9. The number of likely N-dealkylation sites (tertiary alicyclic amines) is 1. The second kappa shape index (κ2) is 6.22. The molecule has 0 unspecified atom stereocenters. The zero-order chi connectivity index (χ0) is 15.5. The standard InChI is InChI=1S/C17H18FN3O/c1-12(22)21-9-5-4-8-17(21)16-11-19-10-15(20-16)13-6-2-3-7-14(13)18/h2-3,6-7,10-11,17H,4-5,8-9H2,1H3/t17-/m1/s1. The van der Waals surface area contributed by atoms with Gasteiger partial charge < -0.3 is 4.90 Å². The predicted octanol–water partition coefficient (Wildman–Crippen LogP) is 3.36. The van der Waals surface area contributed by atoms with Crippen molar-refractivity contribution in [2.45, 2.75) is 32.2 Å². The molecule has 0 bridgehead atoms. The summed E-state index contributed by atoms with van der Waals surface area (Å²) in [6.07, 6.45) is 6.17. The molecule has 1 saturated heterocycles. The zero-order valence-corrected chi connectivity index (χ0v) is 12.5. The summed E-state index contributed by atoms with van der Waals surface area (Å²) in [5, 5.41) is 0. The van der Waals surface area contributed by atoms with Crippen molar-refractivity contribution in [3.05, 3.63) is 48.2 Å². The first-order chi connectivity index (χ1) is 10.7. The van der Waals surface area contributed by atoms with Crippen LogP contribution in [0.25, 0.3) is 11.3 Å². The molecule has 1 atom stereocenters. The Hall–Kier alpha value is -2.30. The van der Waals surface area contributed by atoms with Gasteiger partial charge in [0.1, 0.15) is 5.82 Å². The summed E-state index contributed by atoms with van der Waals surface area (Å²) in [5.41, 5.74) is 1.67. The van der Waals surface area contributed by atoms with Crippen molar-refractivity contribution < 1.29 is 9.18 Å². The molecule has 2 aromatic rings. The molecule has 22 heavy (non-hydrogen) atoms. The monoisotopic (exact) mass is 299 g/mol. The van der Waals surface area contributed by atoms with Crippen LogP contribution in [0.2, 0.25) is 0 Å². The summed E-state index contributed by atoms with van der Waals surface area (Å²) in [4.78, 5) is 22.4. The van der Waals surface area contributed by atoms with Gasteiger partial charge in [0.25, 0.3) is 0 Å². The third-order valence-corrected chi connectivity index (χ3v) is 4.05. The Balaban J connectivity index is 1.97. The number of halogens is 1. The van der Waals surface area contributed by atoms with Gasteiger partial charge in [-0.1, -0.05) is 12.1 Å². The van der Waals surface area contributed by atoms with Crippen LogP contribution in [-0.4, -0.2) is 27.3 Å². The van der Waals surface area contributed by atoms with Crippen molar-refractivity contribution in [1.29, 1.82) is 0 Å². The van der Waals surface area contributed by atoms with Gasteiger partial charge in [-0.05, 0) is 31.4 Å². The lowest BCUT2D eigenvalue weighted by molar-refractivity contribution is -0.132. The second-order valence-corrected chi connectivity index (χ2v) is 5.53. The molecular formula is C17H18FN3O. The van der Waals surface area contributed by atoms with Gasteiger partial charge in [-0.25, -0.2) is 9.37 Å². The number of amides is 1. The first-order valence-electron chi connectivity index (χ1n) is 7.51. The van der Waals surface area contributed by atoms with Gasteiger partial charge in [0.05, 0.1) is 29.8 Å². The molecule has 5 heteroatoms. The van der Waals surface area contributed by atoms with Gasteiger partial charge >= 0.3 is 0 Å². The molecule has 114 valence electrons. The normalized spacial score (nSPS) is 18.3. The topological polar surface area (TPSA) is 46.1 Å². The van der Waals surface area contributed by atoms with Crippen molar-refractivity contribution >= 4 is 5.91 Å². The predicted molar refractivity (Wildman–Crippen MR) is 81.4 cm³/mol. The first-order valence-corrected chi connectivity index (χ1v) is 7.51. The summed E-state index contributed by atoms with van der Waals surface area (Å²) in [5.74, 6) is -0.274. The van der Waals surface area contributed by atoms with E-state index in [-0.39, 0.29) is 17.8 Å². The van der Waals surface area contributed by atoms with Crippen LogP contribution < -0.4 is 0 Å². The van der Waals surface area contributed by atoms with Crippen LogP contribution in [-0.2, 0) is 4.79 Å². The van der Waals surface area contributed by atoms with E-state index in [1.807, 2.05) is 4.90 Å². The summed E-state index contributed by atoms with van der Waals surface area (Å²) in [6.45, 7) is 2.32. The molecule has 0 aliphatic carbocycles. The number of hydrogen-bond donors (Lipinski definition) is 0. The maximum Gasteiger partial charge on any atom is 0.220 e. The van der Waals surface area contributed by atoms with E-state index in [4.69, 9.17) is 0 Å². The van der Waals surface area contributed by atoms with Crippen LogP contribution in [0.1, 0.15) is 37.9 Å². The average Bonchev–Trinajstić information content (AvgIpc) is 2.55. The van der Waals surface area contributed by atoms with E-state index >= 15 is 0 Å². The Morgan fingerprint density at radius 1 is 1.27 bits per heavy atom. The quantitative estimate of drug-likeness (QED) is 0.854. The van der Waals surface area contributed by atoms with Gasteiger partial charge in [-0.2, -0.15) is 0 Å². The SMILES string of the molecule is CC(=O)N1CCCC[C@@H]1c1cncc(-c2ccccc2F)n1. The number of hydrogen-bond acceptors (Lipinski definition) is 3. The Morgan fingerprint density at radius 2 is 2.09 bits per heavy atom. The highest BCUT2D eigenvalue weighted by Crippen LogP contribution is 2.30. The van der Waals surface area contributed by atoms with Crippen LogP contribution >= 0.6 is 0 Å². The van der Waals surface area contributed by atoms with E-state index < -0.39 is 0 Å². The third-order valence-electron chi connectivity index (χ3n) is 4.05. The highest BCUT2D eigenvalue weighted by atomic mass is 19.1. The second-order valence-electron chi connectivity index (χ2n) is 5.53. The van der Waals surface area contributed by atoms with Gasteiger partial charge in [-0.15, -0.1) is 0 Å². The number of nitrogens with zero attached hydrogens (tertiary/aromatic N) is 3. The molecule has 1 amide bonds. The lowest BCUT2D eigenvalue weighted by Crippen LogP contribution is -2.37. The fraction of sp³-hybridized carbons (Fsp3) is 0.353. The molecule has 0 N–H and O–H groups in total. The fourth-order valence-electron chi connectivity index (χ4n) is 2.96. The Kier molecular flexibility index (Phi) is 4.13. The number of carbonyl (C=O) groups is 1. The highest BCUT2D eigenvalue weighted by molar-refractivity contribution is 5.74. The third kappa shape index (κ3) is 2.84. The van der Waals surface area contributed by atoms with E-state index in [0.29, 0.717) is 11.3 Å². The zero-order valence-electron chi connectivity index (χ0n) is 12.5. The van der Waals surface area contributed by atoms with Crippen molar-refractivity contribution in [1.82, 2.24) is 14.9 Å². The smallest absolute Gasteiger partial charge is 0.220 e. The number of benzene rings is 1. The molecule has 4 nitrogen and oxygen atoms in total. The van der Waals surface area contributed by atoms with Crippen LogP contribution in [0.15, 0.2) is 36.7 Å². The van der Waals surface area contributed by atoms with E-state index in [1.165, 1.54) is 6.07 Å². The van der Waals surface area contributed by atoms with Crippen molar-refractivity contribution in [3.8, 4) is 11.3 Å². The molecule has 1 aliphatic rings. The molecule has 1 aromatic heterocycles. The van der Waals surface area contributed by atoms with E-state index in [2.05, 4.69) is 9.97 Å². The largest absolute Gasteiger partial charge is 0.334 e. The minimum absolute atomic E-state index is 0.0443. The summed E-state index contributed by atoms with van der Waals surface area (Å²) in [6, 6.07) is 6.45. The van der Waals surface area contributed by atoms with E-state index in [9.17, 15) is 9.18 Å². The van der Waals surface area contributed by atoms with Gasteiger partial charge in [0.15, 0.2) is 0 Å². The number of aromatic nitrogens is 2. The highest BCUT2D eigenvalue weighted by Gasteiger charge is 2.27. The lowest BCUT2D eigenvalue weighted by Gasteiger charge is -2.34. The van der Waals surface area contributed by atoms with Crippen molar-refractivity contribution in [2.75, 3.05) is 6.54 Å². The van der Waals surface area contributed by atoms with Crippen LogP contribution in [0.4, 0.5) is 4.39 Å². The molecular weight excluding hydrogens is 281 g/mol. The van der Waals surface area contributed by atoms with Gasteiger partial charge in [-0.3, -0.25) is 9.78 Å². The molecule has 0 radical (unpaired) electrons. The number of carbonyl (C=O) groups excluding carboxylic acids is 1. The van der Waals surface area contributed by atoms with Crippen molar-refractivity contribution in [3.63, 3.8) is 0 Å². The summed E-state index contributed by atoms with van der Waals surface area (Å²) in [7, 11) is 0. The number of piperidine rings is 1. The Labute approximate surface area is 129 Å². The van der Waals surface area contributed by atoms with Crippen molar-refractivity contribution in [2.24, 2.45) is 0 Å². The maximum atomic E-state index is 13.9. The van der Waals surface area contributed by atoms with E-state index in [0.717, 1.165) is 31.5 Å². The first kappa shape index (κ1) is 14.6. The fourth-order valence-corrected chi connectivity index (χ4v) is 2.96. The molecule has 0 saturated carbocycles. The van der Waals surface area contributed by atoms with Gasteiger partial charge in [0, 0.05) is 19.0 Å². The van der Waals surface area contributed by atoms with Gasteiger partial charge in [0.2, 0.25) is 5.91 Å². The summed E-state index contributed by atoms with van der Waals surface area (Å²) < 4.78 is 13.9. The molecule has 1 fully saturated rings. The molecule has 0 spiro atoms. The lowest BCUT2D eigenvalue weighted by atomic mass is 9.99. The minimum Gasteiger partial charge on any atom is -0.334 e. The molecule has 3 rings (SSSR count). The minimum atomic E-state index is -0.319. The van der Waals surface area contributed by atoms with Crippen LogP contribution in [0.3, 0.4) is 0 Å². The van der Waals surface area contributed by atoms with Crippen LogP contribution in [0.5, 0.6) is 0 Å². The number of rotatable bonds is 2. The molecule has 1 aliphatic heterocycles. The van der Waals surface area contributed by atoms with E-state index in [1.54, 1.807) is 37.5 Å². The van der Waals surface area contributed by atoms with Crippen LogP contribution in [0, 0.1) is 5.82 Å². The molecule has 2 heterocycles. The molecule has 1 aromatic carbocycles.